The lowest BCUT2D eigenvalue weighted by molar-refractivity contribution is -0.121. The molecule has 0 bridgehead atoms. The van der Waals surface area contributed by atoms with Gasteiger partial charge in [-0.3, -0.25) is 9.59 Å². The van der Waals surface area contributed by atoms with Gasteiger partial charge in [-0.1, -0.05) is 38.8 Å². The van der Waals surface area contributed by atoms with Gasteiger partial charge in [0, 0.05) is 30.9 Å². The lowest BCUT2D eigenvalue weighted by atomic mass is 9.78. The van der Waals surface area contributed by atoms with Crippen LogP contribution in [-0.2, 0) is 26.8 Å². The first-order valence-corrected chi connectivity index (χ1v) is 13.7. The number of rotatable bonds is 6. The van der Waals surface area contributed by atoms with Crippen LogP contribution in [0.15, 0.2) is 47.4 Å². The fourth-order valence-electron chi connectivity index (χ4n) is 5.19. The predicted octanol–water partition coefficient (Wildman–Crippen LogP) is 3.97. The van der Waals surface area contributed by atoms with Crippen LogP contribution >= 0.6 is 0 Å². The maximum Gasteiger partial charge on any atom is 0.251 e. The molecule has 188 valence electrons. The van der Waals surface area contributed by atoms with Crippen LogP contribution in [-0.4, -0.2) is 33.3 Å². The van der Waals surface area contributed by atoms with E-state index in [9.17, 15) is 18.0 Å². The SMILES string of the molecule is C[C@@H]1[C@H](C)CCC[C@@H]1NC(=O)c1ccc(CNS(=O)(=O)c2ccc3c(c2)C(C)(C)C(=O)N3C)cc1. The van der Waals surface area contributed by atoms with Gasteiger partial charge in [0.05, 0.1) is 10.3 Å². The van der Waals surface area contributed by atoms with Gasteiger partial charge in [0.15, 0.2) is 0 Å². The minimum Gasteiger partial charge on any atom is -0.349 e. The number of benzene rings is 2. The van der Waals surface area contributed by atoms with Crippen LogP contribution in [0.2, 0.25) is 0 Å². The highest BCUT2D eigenvalue weighted by atomic mass is 32.2. The van der Waals surface area contributed by atoms with Gasteiger partial charge in [-0.25, -0.2) is 13.1 Å². The van der Waals surface area contributed by atoms with E-state index in [0.29, 0.717) is 23.0 Å². The van der Waals surface area contributed by atoms with Crippen molar-refractivity contribution in [3.8, 4) is 0 Å². The maximum atomic E-state index is 13.0. The van der Waals surface area contributed by atoms with E-state index >= 15 is 0 Å². The van der Waals surface area contributed by atoms with Crippen LogP contribution in [0.25, 0.3) is 0 Å². The summed E-state index contributed by atoms with van der Waals surface area (Å²) in [5.74, 6) is 0.891. The number of amides is 2. The first-order chi connectivity index (χ1) is 16.4. The van der Waals surface area contributed by atoms with Crippen LogP contribution < -0.4 is 14.9 Å². The van der Waals surface area contributed by atoms with Crippen LogP contribution in [0.5, 0.6) is 0 Å². The zero-order chi connectivity index (χ0) is 25.5. The number of likely N-dealkylation sites (N-methyl/N-ethyl adjacent to an activating group) is 1. The third kappa shape index (κ3) is 4.86. The molecule has 3 atom stereocenters. The Morgan fingerprint density at radius 1 is 1.09 bits per heavy atom. The smallest absolute Gasteiger partial charge is 0.251 e. The Labute approximate surface area is 208 Å². The summed E-state index contributed by atoms with van der Waals surface area (Å²) in [7, 11) is -2.08. The van der Waals surface area contributed by atoms with Gasteiger partial charge < -0.3 is 10.2 Å². The van der Waals surface area contributed by atoms with E-state index in [1.807, 2.05) is 0 Å². The summed E-state index contributed by atoms with van der Waals surface area (Å²) < 4.78 is 28.5. The number of fused-ring (bicyclic) bond motifs is 1. The van der Waals surface area contributed by atoms with E-state index in [0.717, 1.165) is 24.1 Å². The summed E-state index contributed by atoms with van der Waals surface area (Å²) in [4.78, 5) is 26.9. The third-order valence-corrected chi connectivity index (χ3v) is 9.26. The molecule has 2 N–H and O–H groups in total. The minimum absolute atomic E-state index is 0.0633. The van der Waals surface area contributed by atoms with E-state index in [4.69, 9.17) is 0 Å². The second kappa shape index (κ2) is 9.39. The van der Waals surface area contributed by atoms with Crippen molar-refractivity contribution >= 4 is 27.5 Å². The van der Waals surface area contributed by atoms with Gasteiger partial charge in [0.1, 0.15) is 0 Å². The molecule has 35 heavy (non-hydrogen) atoms. The van der Waals surface area contributed by atoms with E-state index in [2.05, 4.69) is 23.9 Å². The largest absolute Gasteiger partial charge is 0.349 e. The summed E-state index contributed by atoms with van der Waals surface area (Å²) in [6, 6.07) is 12.0. The Hall–Kier alpha value is -2.71. The Bertz CT molecular complexity index is 1240. The number of hydrogen-bond donors (Lipinski definition) is 2. The van der Waals surface area contributed by atoms with Gasteiger partial charge in [0.2, 0.25) is 15.9 Å². The fraction of sp³-hybridized carbons (Fsp3) is 0.481. The van der Waals surface area contributed by atoms with Crippen LogP contribution in [0.1, 0.15) is 68.4 Å². The molecule has 1 heterocycles. The Morgan fingerprint density at radius 3 is 2.46 bits per heavy atom. The molecule has 7 nitrogen and oxygen atoms in total. The van der Waals surface area contributed by atoms with Crippen molar-refractivity contribution in [3.05, 3.63) is 59.2 Å². The molecule has 0 aromatic heterocycles. The lowest BCUT2D eigenvalue weighted by Crippen LogP contribution is -2.43. The van der Waals surface area contributed by atoms with Crippen molar-refractivity contribution in [1.82, 2.24) is 10.0 Å². The normalized spacial score (nSPS) is 23.7. The molecule has 2 aliphatic rings. The molecule has 0 unspecified atom stereocenters. The van der Waals surface area contributed by atoms with Crippen molar-refractivity contribution in [2.24, 2.45) is 11.8 Å². The van der Waals surface area contributed by atoms with Crippen LogP contribution in [0.4, 0.5) is 5.69 Å². The van der Waals surface area contributed by atoms with E-state index in [-0.39, 0.29) is 29.3 Å². The highest BCUT2D eigenvalue weighted by Crippen LogP contribution is 2.41. The monoisotopic (exact) mass is 497 g/mol. The number of nitrogens with zero attached hydrogens (tertiary/aromatic N) is 1. The van der Waals surface area contributed by atoms with Gasteiger partial charge in [-0.15, -0.1) is 0 Å². The van der Waals surface area contributed by atoms with Crippen molar-refractivity contribution in [3.63, 3.8) is 0 Å². The summed E-state index contributed by atoms with van der Waals surface area (Å²) in [5.41, 5.74) is 1.96. The highest BCUT2D eigenvalue weighted by molar-refractivity contribution is 7.89. The van der Waals surface area contributed by atoms with Gasteiger partial charge in [0.25, 0.3) is 5.91 Å². The molecule has 2 aromatic carbocycles. The quantitative estimate of drug-likeness (QED) is 0.631. The number of carbonyl (C=O) groups excluding carboxylic acids is 2. The Morgan fingerprint density at radius 2 is 1.77 bits per heavy atom. The van der Waals surface area contributed by atoms with Crippen molar-refractivity contribution in [2.45, 2.75) is 69.9 Å². The molecule has 1 aliphatic carbocycles. The molecular formula is C27H35N3O4S. The standard InChI is InChI=1S/C27H35N3O4S/c1-17-7-6-8-23(18(17)2)29-25(31)20-11-9-19(10-12-20)16-28-35(33,34)21-13-14-24-22(15-21)27(3,4)26(32)30(24)5/h9-15,17-18,23,28H,6-8,16H2,1-5H3,(H,29,31)/t17-,18-,23+/m1/s1. The number of hydrogen-bond acceptors (Lipinski definition) is 4. The van der Waals surface area contributed by atoms with Crippen molar-refractivity contribution in [1.29, 1.82) is 0 Å². The molecule has 0 spiro atoms. The summed E-state index contributed by atoms with van der Waals surface area (Å²) in [6.45, 7) is 8.13. The lowest BCUT2D eigenvalue weighted by Gasteiger charge is -2.34. The fourth-order valence-corrected chi connectivity index (χ4v) is 6.24. The predicted molar refractivity (Wildman–Crippen MR) is 137 cm³/mol. The van der Waals surface area contributed by atoms with E-state index < -0.39 is 15.4 Å². The second-order valence-corrected chi connectivity index (χ2v) is 12.3. The first-order valence-electron chi connectivity index (χ1n) is 12.2. The molecule has 0 saturated heterocycles. The molecule has 2 amide bonds. The molecule has 4 rings (SSSR count). The Balaban J connectivity index is 1.41. The molecule has 1 aliphatic heterocycles. The average molecular weight is 498 g/mol. The number of sulfonamides is 1. The molecule has 2 aromatic rings. The minimum atomic E-state index is -3.78. The van der Waals surface area contributed by atoms with Crippen molar-refractivity contribution < 1.29 is 18.0 Å². The van der Waals surface area contributed by atoms with Gasteiger partial charge >= 0.3 is 0 Å². The Kier molecular flexibility index (Phi) is 6.81. The third-order valence-electron chi connectivity index (χ3n) is 7.86. The van der Waals surface area contributed by atoms with Crippen LogP contribution in [0.3, 0.4) is 0 Å². The summed E-state index contributed by atoms with van der Waals surface area (Å²) >= 11 is 0. The summed E-state index contributed by atoms with van der Waals surface area (Å²) in [5, 5.41) is 3.17. The topological polar surface area (TPSA) is 95.6 Å². The second-order valence-electron chi connectivity index (χ2n) is 10.5. The number of anilines is 1. The number of nitrogens with one attached hydrogen (secondary N) is 2. The highest BCUT2D eigenvalue weighted by Gasteiger charge is 2.42. The molecule has 1 fully saturated rings. The van der Waals surface area contributed by atoms with Crippen LogP contribution in [0, 0.1) is 11.8 Å². The zero-order valence-corrected chi connectivity index (χ0v) is 21.9. The zero-order valence-electron chi connectivity index (χ0n) is 21.1. The average Bonchev–Trinajstić information content (AvgIpc) is 3.00. The van der Waals surface area contributed by atoms with Gasteiger partial charge in [-0.2, -0.15) is 0 Å². The first kappa shape index (κ1) is 25.4. The van der Waals surface area contributed by atoms with Crippen molar-refractivity contribution in [2.75, 3.05) is 11.9 Å². The van der Waals surface area contributed by atoms with E-state index in [1.54, 1.807) is 62.2 Å². The maximum absolute atomic E-state index is 13.0. The van der Waals surface area contributed by atoms with Gasteiger partial charge in [-0.05, 0) is 73.6 Å². The molecule has 8 heteroatoms. The van der Waals surface area contributed by atoms with E-state index in [1.165, 1.54) is 12.5 Å². The molecule has 0 radical (unpaired) electrons. The molecular weight excluding hydrogens is 462 g/mol. The summed E-state index contributed by atoms with van der Waals surface area (Å²) in [6.07, 6.45) is 3.34. The molecule has 1 saturated carbocycles. The number of carbonyl (C=O) groups is 2.